The third kappa shape index (κ3) is 3.85. The monoisotopic (exact) mass is 270 g/mol. The van der Waals surface area contributed by atoms with Crippen LogP contribution in [-0.4, -0.2) is 17.2 Å². The molecule has 0 fully saturated rings. The van der Waals surface area contributed by atoms with Crippen LogP contribution in [0.25, 0.3) is 11.1 Å². The van der Waals surface area contributed by atoms with E-state index in [0.717, 1.165) is 11.1 Å². The van der Waals surface area contributed by atoms with Gasteiger partial charge in [-0.2, -0.15) is 0 Å². The zero-order valence-corrected chi connectivity index (χ0v) is 11.7. The van der Waals surface area contributed by atoms with Crippen molar-refractivity contribution in [2.24, 2.45) is 0 Å². The molecule has 0 bridgehead atoms. The number of carboxylic acid groups (broad SMARTS) is 1. The second kappa shape index (κ2) is 6.24. The summed E-state index contributed by atoms with van der Waals surface area (Å²) in [5.74, 6) is -0.164. The third-order valence-corrected chi connectivity index (χ3v) is 3.04. The van der Waals surface area contributed by atoms with Gasteiger partial charge in [0.2, 0.25) is 0 Å². The van der Waals surface area contributed by atoms with E-state index in [1.165, 1.54) is 5.56 Å². The van der Waals surface area contributed by atoms with E-state index in [1.807, 2.05) is 24.3 Å². The van der Waals surface area contributed by atoms with Crippen molar-refractivity contribution in [3.63, 3.8) is 0 Å². The summed E-state index contributed by atoms with van der Waals surface area (Å²) in [6.07, 6.45) is -0.336. The maximum Gasteiger partial charge on any atom is 0.307 e. The van der Waals surface area contributed by atoms with E-state index < -0.39 is 5.97 Å². The highest BCUT2D eigenvalue weighted by atomic mass is 16.5. The van der Waals surface area contributed by atoms with Crippen molar-refractivity contribution in [2.45, 2.75) is 26.4 Å². The Morgan fingerprint density at radius 2 is 1.55 bits per heavy atom. The van der Waals surface area contributed by atoms with Crippen molar-refractivity contribution in [2.75, 3.05) is 0 Å². The molecule has 2 aromatic carbocycles. The topological polar surface area (TPSA) is 46.5 Å². The summed E-state index contributed by atoms with van der Waals surface area (Å²) in [6, 6.07) is 16.0. The molecule has 0 heterocycles. The third-order valence-electron chi connectivity index (χ3n) is 3.04. The fourth-order valence-electron chi connectivity index (χ4n) is 1.99. The molecule has 0 radical (unpaired) electrons. The number of aliphatic carboxylic acids is 1. The number of carboxylic acids is 1. The van der Waals surface area contributed by atoms with Gasteiger partial charge >= 0.3 is 5.97 Å². The molecule has 0 aromatic heterocycles. The molecule has 1 N–H and O–H groups in total. The van der Waals surface area contributed by atoms with Gasteiger partial charge in [-0.1, -0.05) is 42.0 Å². The van der Waals surface area contributed by atoms with Gasteiger partial charge in [0.25, 0.3) is 0 Å². The highest BCUT2D eigenvalue weighted by Gasteiger charge is 2.09. The van der Waals surface area contributed by atoms with Crippen LogP contribution in [0.2, 0.25) is 0 Å². The van der Waals surface area contributed by atoms with Gasteiger partial charge in [0, 0.05) is 0 Å². The first-order chi connectivity index (χ1) is 9.54. The first-order valence-corrected chi connectivity index (χ1v) is 6.60. The van der Waals surface area contributed by atoms with E-state index in [4.69, 9.17) is 9.84 Å². The maximum atomic E-state index is 10.6. The molecule has 0 aliphatic carbocycles. The number of aryl methyl sites for hydroxylation is 1. The van der Waals surface area contributed by atoms with Crippen molar-refractivity contribution in [1.29, 1.82) is 0 Å². The molecule has 3 heteroatoms. The van der Waals surface area contributed by atoms with Crippen LogP contribution in [0.15, 0.2) is 48.5 Å². The van der Waals surface area contributed by atoms with E-state index in [-0.39, 0.29) is 12.5 Å². The van der Waals surface area contributed by atoms with Gasteiger partial charge < -0.3 is 9.84 Å². The van der Waals surface area contributed by atoms with E-state index >= 15 is 0 Å². The van der Waals surface area contributed by atoms with Crippen molar-refractivity contribution in [3.05, 3.63) is 54.1 Å². The predicted octanol–water partition coefficient (Wildman–Crippen LogP) is 3.90. The Morgan fingerprint density at radius 1 is 1.05 bits per heavy atom. The molecular weight excluding hydrogens is 252 g/mol. The van der Waals surface area contributed by atoms with Crippen LogP contribution in [0.3, 0.4) is 0 Å². The molecule has 1 atom stereocenters. The Morgan fingerprint density at radius 3 is 2.05 bits per heavy atom. The van der Waals surface area contributed by atoms with Crippen LogP contribution >= 0.6 is 0 Å². The van der Waals surface area contributed by atoms with E-state index in [9.17, 15) is 4.79 Å². The fraction of sp³-hybridized carbons (Fsp3) is 0.235. The summed E-state index contributed by atoms with van der Waals surface area (Å²) >= 11 is 0. The summed E-state index contributed by atoms with van der Waals surface area (Å²) in [5, 5.41) is 8.70. The minimum absolute atomic E-state index is 0.000284. The van der Waals surface area contributed by atoms with Crippen molar-refractivity contribution in [1.82, 2.24) is 0 Å². The minimum atomic E-state index is -0.853. The lowest BCUT2D eigenvalue weighted by Gasteiger charge is -2.13. The van der Waals surface area contributed by atoms with Crippen LogP contribution in [0, 0.1) is 6.92 Å². The van der Waals surface area contributed by atoms with E-state index in [2.05, 4.69) is 31.2 Å². The zero-order chi connectivity index (χ0) is 14.5. The standard InChI is InChI=1S/C17H18O3/c1-12-3-5-14(6-4-12)15-7-9-16(10-8-15)20-13(2)11-17(18)19/h3-10,13H,11H2,1-2H3,(H,18,19)/t13-/m0/s1. The molecule has 104 valence electrons. The minimum Gasteiger partial charge on any atom is -0.490 e. The lowest BCUT2D eigenvalue weighted by Crippen LogP contribution is -2.16. The SMILES string of the molecule is Cc1ccc(-c2ccc(O[C@@H](C)CC(=O)O)cc2)cc1. The number of hydrogen-bond donors (Lipinski definition) is 1. The normalized spacial score (nSPS) is 11.9. The van der Waals surface area contributed by atoms with Gasteiger partial charge in [-0.25, -0.2) is 0 Å². The summed E-state index contributed by atoms with van der Waals surface area (Å²) < 4.78 is 5.55. The predicted molar refractivity (Wildman–Crippen MR) is 79.0 cm³/mol. The van der Waals surface area contributed by atoms with Gasteiger partial charge in [0.05, 0.1) is 6.42 Å². The fourth-order valence-corrected chi connectivity index (χ4v) is 1.99. The average molecular weight is 270 g/mol. The van der Waals surface area contributed by atoms with Crippen LogP contribution in [-0.2, 0) is 4.79 Å². The lowest BCUT2D eigenvalue weighted by atomic mass is 10.0. The van der Waals surface area contributed by atoms with Crippen molar-refractivity contribution >= 4 is 5.97 Å². The molecule has 3 nitrogen and oxygen atoms in total. The zero-order valence-electron chi connectivity index (χ0n) is 11.7. The molecule has 0 aliphatic rings. The van der Waals surface area contributed by atoms with E-state index in [1.54, 1.807) is 6.92 Å². The Bertz CT molecular complexity index is 570. The van der Waals surface area contributed by atoms with Crippen LogP contribution < -0.4 is 4.74 Å². The molecule has 2 rings (SSSR count). The number of rotatable bonds is 5. The Balaban J connectivity index is 2.06. The quantitative estimate of drug-likeness (QED) is 0.896. The second-order valence-electron chi connectivity index (χ2n) is 4.92. The number of ether oxygens (including phenoxy) is 1. The first kappa shape index (κ1) is 14.1. The molecule has 20 heavy (non-hydrogen) atoms. The van der Waals surface area contributed by atoms with E-state index in [0.29, 0.717) is 5.75 Å². The molecule has 0 amide bonds. The molecule has 0 saturated heterocycles. The van der Waals surface area contributed by atoms with Gasteiger partial charge in [0.1, 0.15) is 11.9 Å². The molecular formula is C17H18O3. The summed E-state index contributed by atoms with van der Waals surface area (Å²) in [4.78, 5) is 10.6. The van der Waals surface area contributed by atoms with Crippen LogP contribution in [0.1, 0.15) is 18.9 Å². The van der Waals surface area contributed by atoms with Gasteiger partial charge in [-0.3, -0.25) is 4.79 Å². The van der Waals surface area contributed by atoms with Gasteiger partial charge in [-0.05, 0) is 37.1 Å². The second-order valence-corrected chi connectivity index (χ2v) is 4.92. The maximum absolute atomic E-state index is 10.6. The Kier molecular flexibility index (Phi) is 4.41. The lowest BCUT2D eigenvalue weighted by molar-refractivity contribution is -0.138. The highest BCUT2D eigenvalue weighted by molar-refractivity contribution is 5.67. The molecule has 2 aromatic rings. The van der Waals surface area contributed by atoms with Crippen LogP contribution in [0.5, 0.6) is 5.75 Å². The largest absolute Gasteiger partial charge is 0.490 e. The summed E-state index contributed by atoms with van der Waals surface area (Å²) in [6.45, 7) is 3.81. The van der Waals surface area contributed by atoms with Crippen molar-refractivity contribution < 1.29 is 14.6 Å². The Labute approximate surface area is 118 Å². The number of carbonyl (C=O) groups is 1. The average Bonchev–Trinajstić information content (AvgIpc) is 2.39. The van der Waals surface area contributed by atoms with Crippen LogP contribution in [0.4, 0.5) is 0 Å². The van der Waals surface area contributed by atoms with Gasteiger partial charge in [0.15, 0.2) is 0 Å². The summed E-state index contributed by atoms with van der Waals surface area (Å²) in [5.41, 5.74) is 3.50. The highest BCUT2D eigenvalue weighted by Crippen LogP contribution is 2.23. The Hall–Kier alpha value is -2.29. The first-order valence-electron chi connectivity index (χ1n) is 6.60. The molecule has 0 spiro atoms. The molecule has 0 unspecified atom stereocenters. The number of benzene rings is 2. The molecule has 0 aliphatic heterocycles. The van der Waals surface area contributed by atoms with Gasteiger partial charge in [-0.15, -0.1) is 0 Å². The number of hydrogen-bond acceptors (Lipinski definition) is 2. The summed E-state index contributed by atoms with van der Waals surface area (Å²) in [7, 11) is 0. The van der Waals surface area contributed by atoms with Crippen molar-refractivity contribution in [3.8, 4) is 16.9 Å². The smallest absolute Gasteiger partial charge is 0.307 e. The molecule has 0 saturated carbocycles.